The minimum atomic E-state index is -0.00662. The fraction of sp³-hybridized carbons (Fsp3) is 0.400. The number of hydrogen-bond acceptors (Lipinski definition) is 4. The van der Waals surface area contributed by atoms with Crippen LogP contribution in [0.15, 0.2) is 18.5 Å². The van der Waals surface area contributed by atoms with Gasteiger partial charge in [0.2, 0.25) is 0 Å². The number of pyridine rings is 1. The maximum Gasteiger partial charge on any atom is 0.256 e. The summed E-state index contributed by atoms with van der Waals surface area (Å²) in [5.74, 6) is 5.31. The Kier molecular flexibility index (Phi) is 2.55. The van der Waals surface area contributed by atoms with Crippen LogP contribution in [0, 0.1) is 0 Å². The van der Waals surface area contributed by atoms with E-state index in [-0.39, 0.29) is 5.91 Å². The van der Waals surface area contributed by atoms with Gasteiger partial charge in [-0.3, -0.25) is 15.6 Å². The minimum Gasteiger partial charge on any atom is -0.339 e. The highest BCUT2D eigenvalue weighted by Gasteiger charge is 2.30. The minimum absolute atomic E-state index is 0.00662. The van der Waals surface area contributed by atoms with E-state index < -0.39 is 0 Å². The van der Waals surface area contributed by atoms with E-state index in [4.69, 9.17) is 5.84 Å². The average molecular weight is 206 g/mol. The summed E-state index contributed by atoms with van der Waals surface area (Å²) in [6.07, 6.45) is 5.33. The SMILES string of the molecule is CN(C(=O)c1ccncc1NN)C1CC1. The number of nitrogens with two attached hydrogens (primary N) is 1. The van der Waals surface area contributed by atoms with Crippen LogP contribution in [-0.2, 0) is 0 Å². The zero-order valence-corrected chi connectivity index (χ0v) is 8.60. The summed E-state index contributed by atoms with van der Waals surface area (Å²) < 4.78 is 0. The Labute approximate surface area is 88.3 Å². The zero-order valence-electron chi connectivity index (χ0n) is 8.60. The lowest BCUT2D eigenvalue weighted by atomic mass is 10.2. The molecule has 1 saturated carbocycles. The molecule has 0 aromatic carbocycles. The van der Waals surface area contributed by atoms with E-state index in [0.717, 1.165) is 12.8 Å². The smallest absolute Gasteiger partial charge is 0.256 e. The topological polar surface area (TPSA) is 71.2 Å². The van der Waals surface area contributed by atoms with Crippen molar-refractivity contribution in [1.29, 1.82) is 0 Å². The van der Waals surface area contributed by atoms with E-state index in [2.05, 4.69) is 10.4 Å². The molecule has 1 amide bonds. The van der Waals surface area contributed by atoms with Gasteiger partial charge in [0.1, 0.15) is 0 Å². The largest absolute Gasteiger partial charge is 0.339 e. The van der Waals surface area contributed by atoms with Crippen LogP contribution in [0.2, 0.25) is 0 Å². The molecule has 2 rings (SSSR count). The standard InChI is InChI=1S/C10H14N4O/c1-14(7-2-3-7)10(15)8-4-5-12-6-9(8)13-11/h4-7,13H,2-3,11H2,1H3. The van der Waals surface area contributed by atoms with E-state index in [1.165, 1.54) is 0 Å². The number of aromatic nitrogens is 1. The maximum atomic E-state index is 12.0. The number of hydrogen-bond donors (Lipinski definition) is 2. The molecule has 0 radical (unpaired) electrons. The van der Waals surface area contributed by atoms with Crippen LogP contribution in [0.25, 0.3) is 0 Å². The molecule has 1 aromatic rings. The molecule has 5 nitrogen and oxygen atoms in total. The Morgan fingerprint density at radius 3 is 3.00 bits per heavy atom. The second-order valence-electron chi connectivity index (χ2n) is 3.71. The van der Waals surface area contributed by atoms with Gasteiger partial charge in [-0.25, -0.2) is 0 Å². The van der Waals surface area contributed by atoms with Crippen LogP contribution < -0.4 is 11.3 Å². The van der Waals surface area contributed by atoms with Crippen molar-refractivity contribution in [2.24, 2.45) is 5.84 Å². The molecular weight excluding hydrogens is 192 g/mol. The highest BCUT2D eigenvalue weighted by atomic mass is 16.2. The van der Waals surface area contributed by atoms with Crippen molar-refractivity contribution >= 4 is 11.6 Å². The number of amides is 1. The first-order valence-electron chi connectivity index (χ1n) is 4.92. The average Bonchev–Trinajstić information content (AvgIpc) is 3.11. The number of rotatable bonds is 3. The molecule has 3 N–H and O–H groups in total. The van der Waals surface area contributed by atoms with Crippen LogP contribution >= 0.6 is 0 Å². The van der Waals surface area contributed by atoms with Gasteiger partial charge in [0.05, 0.1) is 17.4 Å². The summed E-state index contributed by atoms with van der Waals surface area (Å²) in [6.45, 7) is 0. The first kappa shape index (κ1) is 9.92. The van der Waals surface area contributed by atoms with Gasteiger partial charge in [0.15, 0.2) is 0 Å². The third-order valence-corrected chi connectivity index (χ3v) is 2.62. The lowest BCUT2D eigenvalue weighted by Crippen LogP contribution is -2.29. The number of nitrogen functional groups attached to an aromatic ring is 1. The number of hydrazine groups is 1. The monoisotopic (exact) mass is 206 g/mol. The molecule has 0 spiro atoms. The van der Waals surface area contributed by atoms with Gasteiger partial charge in [-0.05, 0) is 18.9 Å². The van der Waals surface area contributed by atoms with Crippen LogP contribution in [-0.4, -0.2) is 28.9 Å². The van der Waals surface area contributed by atoms with Gasteiger partial charge >= 0.3 is 0 Å². The highest BCUT2D eigenvalue weighted by Crippen LogP contribution is 2.27. The molecule has 0 bridgehead atoms. The summed E-state index contributed by atoms with van der Waals surface area (Å²) >= 11 is 0. The summed E-state index contributed by atoms with van der Waals surface area (Å²) in [5.41, 5.74) is 3.62. The van der Waals surface area contributed by atoms with E-state index in [1.54, 1.807) is 23.4 Å². The Hall–Kier alpha value is -1.62. The quantitative estimate of drug-likeness (QED) is 0.561. The second kappa shape index (κ2) is 3.86. The Balaban J connectivity index is 2.23. The van der Waals surface area contributed by atoms with Gasteiger partial charge < -0.3 is 10.3 Å². The van der Waals surface area contributed by atoms with Crippen molar-refractivity contribution in [3.8, 4) is 0 Å². The summed E-state index contributed by atoms with van der Waals surface area (Å²) in [7, 11) is 1.82. The van der Waals surface area contributed by atoms with E-state index in [1.807, 2.05) is 7.05 Å². The van der Waals surface area contributed by atoms with Crippen LogP contribution in [0.3, 0.4) is 0 Å². The molecule has 80 valence electrons. The highest BCUT2D eigenvalue weighted by molar-refractivity contribution is 5.99. The summed E-state index contributed by atoms with van der Waals surface area (Å²) in [5, 5.41) is 0. The predicted molar refractivity (Wildman–Crippen MR) is 57.2 cm³/mol. The Morgan fingerprint density at radius 1 is 1.67 bits per heavy atom. The normalized spacial score (nSPS) is 14.8. The molecular formula is C10H14N4O. The fourth-order valence-electron chi connectivity index (χ4n) is 1.51. The molecule has 0 atom stereocenters. The maximum absolute atomic E-state index is 12.0. The lowest BCUT2D eigenvalue weighted by Gasteiger charge is -2.17. The van der Waals surface area contributed by atoms with Crippen molar-refractivity contribution in [2.45, 2.75) is 18.9 Å². The number of carbonyl (C=O) groups excluding carboxylic acids is 1. The molecule has 0 aliphatic heterocycles. The Bertz CT molecular complexity index is 375. The van der Waals surface area contributed by atoms with Crippen molar-refractivity contribution < 1.29 is 4.79 Å². The molecule has 0 unspecified atom stereocenters. The number of nitrogens with one attached hydrogen (secondary N) is 1. The number of carbonyl (C=O) groups is 1. The second-order valence-corrected chi connectivity index (χ2v) is 3.71. The Morgan fingerprint density at radius 2 is 2.40 bits per heavy atom. The predicted octanol–water partition coefficient (Wildman–Crippen LogP) is 0.602. The molecule has 1 aromatic heterocycles. The van der Waals surface area contributed by atoms with E-state index in [0.29, 0.717) is 17.3 Å². The van der Waals surface area contributed by atoms with Gasteiger partial charge in [-0.1, -0.05) is 0 Å². The lowest BCUT2D eigenvalue weighted by molar-refractivity contribution is 0.0786. The first-order valence-corrected chi connectivity index (χ1v) is 4.92. The molecule has 5 heteroatoms. The first-order chi connectivity index (χ1) is 7.24. The summed E-state index contributed by atoms with van der Waals surface area (Å²) in [4.78, 5) is 17.7. The zero-order chi connectivity index (χ0) is 10.8. The van der Waals surface area contributed by atoms with Gasteiger partial charge in [0.25, 0.3) is 5.91 Å². The van der Waals surface area contributed by atoms with E-state index >= 15 is 0 Å². The van der Waals surface area contributed by atoms with Crippen LogP contribution in [0.5, 0.6) is 0 Å². The third-order valence-electron chi connectivity index (χ3n) is 2.62. The van der Waals surface area contributed by atoms with Crippen molar-refractivity contribution in [3.63, 3.8) is 0 Å². The van der Waals surface area contributed by atoms with E-state index in [9.17, 15) is 4.79 Å². The van der Waals surface area contributed by atoms with Gasteiger partial charge in [-0.2, -0.15) is 0 Å². The molecule has 1 fully saturated rings. The molecule has 1 heterocycles. The third kappa shape index (κ3) is 1.92. The number of anilines is 1. The molecule has 1 aliphatic rings. The van der Waals surface area contributed by atoms with Gasteiger partial charge in [0, 0.05) is 19.3 Å². The van der Waals surface area contributed by atoms with Crippen molar-refractivity contribution in [1.82, 2.24) is 9.88 Å². The van der Waals surface area contributed by atoms with Gasteiger partial charge in [-0.15, -0.1) is 0 Å². The summed E-state index contributed by atoms with van der Waals surface area (Å²) in [6, 6.07) is 2.08. The fourth-order valence-corrected chi connectivity index (χ4v) is 1.51. The van der Waals surface area contributed by atoms with Crippen LogP contribution in [0.1, 0.15) is 23.2 Å². The molecule has 0 saturated heterocycles. The van der Waals surface area contributed by atoms with Crippen LogP contribution in [0.4, 0.5) is 5.69 Å². The number of nitrogens with zero attached hydrogens (tertiary/aromatic N) is 2. The molecule has 1 aliphatic carbocycles. The van der Waals surface area contributed by atoms with Crippen molar-refractivity contribution in [3.05, 3.63) is 24.0 Å². The van der Waals surface area contributed by atoms with Crippen molar-refractivity contribution in [2.75, 3.05) is 12.5 Å². The molecule has 15 heavy (non-hydrogen) atoms.